The Kier molecular flexibility index (Phi) is 18.9. The van der Waals surface area contributed by atoms with Crippen molar-refractivity contribution < 1.29 is 70.1 Å². The van der Waals surface area contributed by atoms with Crippen LogP contribution in [0.15, 0.2) is 72.8 Å². The summed E-state index contributed by atoms with van der Waals surface area (Å²) < 4.78 is 91.5. The number of halogens is 6. The number of alkyl halides is 6. The number of anilines is 1. The first-order chi connectivity index (χ1) is 35.4. The van der Waals surface area contributed by atoms with Crippen molar-refractivity contribution in [3.05, 3.63) is 95.2 Å². The Hall–Kier alpha value is -10.1. The number of methoxy groups -OCH3 is 1. The summed E-state index contributed by atoms with van der Waals surface area (Å²) in [5.74, 6) is -13.2. The van der Waals surface area contributed by atoms with E-state index in [1.165, 1.54) is 43.5 Å². The number of aromatic nitrogens is 1. The van der Waals surface area contributed by atoms with E-state index in [1.807, 2.05) is 37.2 Å². The number of nitrogens with two attached hydrogens (primary N) is 5. The number of fused-ring (bicyclic) bond motifs is 1. The predicted octanol–water partition coefficient (Wildman–Crippen LogP) is -3.64. The number of nitrogens with zero attached hydrogens (tertiary/aromatic N) is 2. The zero-order valence-corrected chi connectivity index (χ0v) is 38.9. The highest BCUT2D eigenvalue weighted by atomic mass is 19.4. The zero-order chi connectivity index (χ0) is 57.0. The summed E-state index contributed by atoms with van der Waals surface area (Å²) >= 11 is 0. The van der Waals surface area contributed by atoms with E-state index >= 15 is 0 Å². The van der Waals surface area contributed by atoms with Gasteiger partial charge in [0.05, 0.1) is 23.9 Å². The first-order valence-electron chi connectivity index (χ1n) is 21.1. The van der Waals surface area contributed by atoms with E-state index in [4.69, 9.17) is 55.0 Å². The number of ether oxygens (including phenoxy) is 1. The molecule has 0 aliphatic heterocycles. The summed E-state index contributed by atoms with van der Waals surface area (Å²) in [6.45, 7) is -0.957. The van der Waals surface area contributed by atoms with Crippen molar-refractivity contribution in [3.63, 3.8) is 0 Å². The van der Waals surface area contributed by atoms with Gasteiger partial charge in [0.15, 0.2) is 48.5 Å². The summed E-state index contributed by atoms with van der Waals surface area (Å²) in [6.07, 6.45) is -22.0. The number of primary amides is 1. The lowest BCUT2D eigenvalue weighted by atomic mass is 10.0. The third-order valence-corrected chi connectivity index (χ3v) is 9.98. The average molecular weight is 1080 g/mol. The molecule has 1 heterocycles. The summed E-state index contributed by atoms with van der Waals surface area (Å²) in [7, 11) is 1.20. The topological polar surface area (TPSA) is 502 Å². The molecule has 0 saturated heterocycles. The van der Waals surface area contributed by atoms with E-state index in [2.05, 4.69) is 15.6 Å². The standard InChI is InChI=1S/C41H48F6N20O9/c1-76-17-10-11-21(68)16(12-17)14-67(20-13-22(41(45,46)47)57-24-18(20)8-5-9-19(24)40(42,43)44)35(75)34(74)58-23(15-6-3-2-4-7-15)30(70)60-27(64-37(51)52)32(72)62-29(66-39(55)56)33(73)61-28(65-38(53)54)31(71)59-26(25(48)69)63-36(49)50/h2-13,23,26-29,35,68,75H,14H2,1H3,(H2,48,69)(H,58,74)(H,59,71)(H,60,70)(H,61,73)(H,62,72)(H4,49,50,63)(H4,51,52,64)(H4,53,54,65)(H4,55,56,66). The second-order valence-electron chi connectivity index (χ2n) is 15.5. The fourth-order valence-electron chi connectivity index (χ4n) is 6.65. The van der Waals surface area contributed by atoms with Crippen LogP contribution >= 0.6 is 0 Å². The number of benzene rings is 3. The summed E-state index contributed by atoms with van der Waals surface area (Å²) in [6, 6.07) is 10.4. The van der Waals surface area contributed by atoms with Crippen LogP contribution in [0.3, 0.4) is 0 Å². The molecule has 25 N–H and O–H groups in total. The highest BCUT2D eigenvalue weighted by Gasteiger charge is 2.40. The number of hydrogen-bond donors (Lipinski definition) is 20. The molecule has 3 aromatic carbocycles. The van der Waals surface area contributed by atoms with Crippen molar-refractivity contribution in [3.8, 4) is 11.5 Å². The minimum atomic E-state index is -5.43. The van der Waals surface area contributed by atoms with Crippen LogP contribution in [0.2, 0.25) is 0 Å². The van der Waals surface area contributed by atoms with Crippen molar-refractivity contribution >= 4 is 75.9 Å². The van der Waals surface area contributed by atoms with E-state index in [9.17, 15) is 65.3 Å². The monoisotopic (exact) mass is 1080 g/mol. The number of aliphatic hydroxyl groups is 1. The van der Waals surface area contributed by atoms with Gasteiger partial charge in [-0.2, -0.15) is 26.3 Å². The van der Waals surface area contributed by atoms with Crippen LogP contribution in [0.25, 0.3) is 10.9 Å². The molecule has 1 aromatic heterocycles. The first-order valence-corrected chi connectivity index (χ1v) is 21.1. The van der Waals surface area contributed by atoms with Crippen molar-refractivity contribution in [2.75, 3.05) is 12.0 Å². The van der Waals surface area contributed by atoms with E-state index in [-0.39, 0.29) is 22.9 Å². The van der Waals surface area contributed by atoms with Crippen LogP contribution in [0.5, 0.6) is 11.5 Å². The predicted molar refractivity (Wildman–Crippen MR) is 253 cm³/mol. The second-order valence-corrected chi connectivity index (χ2v) is 15.5. The quantitative estimate of drug-likeness (QED) is 0.0166. The molecule has 0 saturated carbocycles. The molecule has 6 amide bonds. The lowest BCUT2D eigenvalue weighted by molar-refractivity contribution is -0.142. The van der Waals surface area contributed by atoms with E-state index in [1.54, 1.807) is 0 Å². The first kappa shape index (κ1) is 58.5. The minimum Gasteiger partial charge on any atom is -0.508 e. The molecule has 29 nitrogen and oxygen atoms in total. The molecular weight excluding hydrogens is 1030 g/mol. The molecule has 408 valence electrons. The van der Waals surface area contributed by atoms with Crippen LogP contribution in [0.4, 0.5) is 32.0 Å². The van der Waals surface area contributed by atoms with Crippen molar-refractivity contribution in [2.24, 2.45) is 28.7 Å². The van der Waals surface area contributed by atoms with Gasteiger partial charge in [-0.05, 0) is 35.9 Å². The number of amides is 6. The lowest BCUT2D eigenvalue weighted by Gasteiger charge is -2.32. The highest BCUT2D eigenvalue weighted by molar-refractivity contribution is 6.01. The minimum absolute atomic E-state index is 0.0285. The Morgan fingerprint density at radius 3 is 1.57 bits per heavy atom. The van der Waals surface area contributed by atoms with Crippen molar-refractivity contribution in [2.45, 2.75) is 55.8 Å². The number of phenols is 1. The number of aromatic hydroxyl groups is 1. The van der Waals surface area contributed by atoms with E-state index in [0.29, 0.717) is 11.0 Å². The van der Waals surface area contributed by atoms with Crippen LogP contribution in [-0.2, 0) is 47.7 Å². The molecule has 4 rings (SSSR count). The molecule has 0 spiro atoms. The van der Waals surface area contributed by atoms with Gasteiger partial charge in [-0.1, -0.05) is 42.5 Å². The smallest absolute Gasteiger partial charge is 0.433 e. The fourth-order valence-corrected chi connectivity index (χ4v) is 6.65. The van der Waals surface area contributed by atoms with Gasteiger partial charge in [-0.15, -0.1) is 0 Å². The van der Waals surface area contributed by atoms with Gasteiger partial charge in [0, 0.05) is 17.5 Å². The number of para-hydroxylation sites is 1. The van der Waals surface area contributed by atoms with Gasteiger partial charge < -0.3 is 96.4 Å². The van der Waals surface area contributed by atoms with Gasteiger partial charge in [0.1, 0.15) is 23.2 Å². The molecule has 0 bridgehead atoms. The Morgan fingerprint density at radius 1 is 0.618 bits per heavy atom. The normalized spacial score (nSPS) is 13.6. The second kappa shape index (κ2) is 24.6. The fraction of sp³-hybridized carbons (Fsp3) is 0.244. The molecule has 0 aliphatic rings. The number of pyridine rings is 1. The van der Waals surface area contributed by atoms with Gasteiger partial charge in [0.2, 0.25) is 12.1 Å². The number of guanidine groups is 4. The molecule has 76 heavy (non-hydrogen) atoms. The van der Waals surface area contributed by atoms with Crippen LogP contribution in [0, 0.1) is 21.6 Å². The molecule has 6 unspecified atom stereocenters. The van der Waals surface area contributed by atoms with Gasteiger partial charge >= 0.3 is 12.4 Å². The number of phenolic OH excluding ortho intramolecular Hbond substituents is 1. The molecule has 0 aliphatic carbocycles. The summed E-state index contributed by atoms with van der Waals surface area (Å²) in [5, 5.41) is 70.6. The average Bonchev–Trinajstić information content (AvgIpc) is 3.32. The molecule has 0 fully saturated rings. The Labute approximate surface area is 423 Å². The number of hydrogen-bond acceptors (Lipinski definition) is 15. The number of aliphatic hydroxyl groups excluding tert-OH is 1. The maximum Gasteiger partial charge on any atom is 0.433 e. The number of nitrogens with one attached hydrogen (secondary N) is 13. The van der Waals surface area contributed by atoms with Crippen molar-refractivity contribution in [1.29, 1.82) is 21.6 Å². The van der Waals surface area contributed by atoms with Gasteiger partial charge in [-0.3, -0.25) is 50.4 Å². The van der Waals surface area contributed by atoms with Crippen LogP contribution in [-0.4, -0.2) is 112 Å². The molecular formula is C41H48F6N20O9. The van der Waals surface area contributed by atoms with Crippen LogP contribution in [0.1, 0.15) is 28.4 Å². The SMILES string of the molecule is COc1ccc(O)c(CN(c2cc(C(F)(F)F)nc3c(C(F)(F)F)cccc23)C(O)C(=O)NC(C(=O)NC(NC(=N)N)C(=O)NC(NC(=N)N)C(=O)NC(NC(=N)N)C(=O)NC(NC(=N)N)C(N)=O)c2ccccc2)c1. The summed E-state index contributed by atoms with van der Waals surface area (Å²) in [5.41, 5.74) is 20.5. The largest absolute Gasteiger partial charge is 0.508 e. The third-order valence-electron chi connectivity index (χ3n) is 9.98. The highest BCUT2D eigenvalue weighted by Crippen LogP contribution is 2.41. The molecule has 4 aromatic rings. The van der Waals surface area contributed by atoms with Crippen LogP contribution < -0.4 is 86.2 Å². The molecule has 6 atom stereocenters. The van der Waals surface area contributed by atoms with E-state index in [0.717, 1.165) is 24.3 Å². The number of carbonyl (C=O) groups excluding carboxylic acids is 6. The Bertz CT molecular complexity index is 2900. The lowest BCUT2D eigenvalue weighted by Crippen LogP contribution is -2.68. The molecule has 0 radical (unpaired) electrons. The molecule has 35 heteroatoms. The number of carbonyl (C=O) groups is 6. The van der Waals surface area contributed by atoms with Gasteiger partial charge in [0.25, 0.3) is 29.5 Å². The van der Waals surface area contributed by atoms with Gasteiger partial charge in [-0.25, -0.2) is 4.98 Å². The maximum absolute atomic E-state index is 14.5. The zero-order valence-electron chi connectivity index (χ0n) is 38.9. The number of rotatable bonds is 21. The summed E-state index contributed by atoms with van der Waals surface area (Å²) in [4.78, 5) is 84.7. The third kappa shape index (κ3) is 15.7. The Balaban J connectivity index is 1.76. The van der Waals surface area contributed by atoms with E-state index < -0.39 is 149 Å². The van der Waals surface area contributed by atoms with Crippen molar-refractivity contribution in [1.82, 2.24) is 52.8 Å². The maximum atomic E-state index is 14.5. The Morgan fingerprint density at radius 2 is 1.11 bits per heavy atom.